The highest BCUT2D eigenvalue weighted by Gasteiger charge is 2.23. The lowest BCUT2D eigenvalue weighted by atomic mass is 9.87. The van der Waals surface area contributed by atoms with Gasteiger partial charge >= 0.3 is 0 Å². The van der Waals surface area contributed by atoms with E-state index in [4.69, 9.17) is 5.73 Å². The normalized spacial score (nSPS) is 18.9. The van der Waals surface area contributed by atoms with Crippen LogP contribution >= 0.6 is 0 Å². The molecule has 108 valence electrons. The summed E-state index contributed by atoms with van der Waals surface area (Å²) in [6, 6.07) is 8.29. The van der Waals surface area contributed by atoms with E-state index in [1.807, 2.05) is 19.1 Å². The molecule has 2 rings (SSSR count). The Morgan fingerprint density at radius 2 is 2.15 bits per heavy atom. The van der Waals surface area contributed by atoms with Crippen LogP contribution in [0.1, 0.15) is 49.8 Å². The molecular formula is C16H22N2O2. The average Bonchev–Trinajstić information content (AvgIpc) is 2.45. The van der Waals surface area contributed by atoms with Crippen LogP contribution in [0.2, 0.25) is 0 Å². The first-order chi connectivity index (χ1) is 9.61. The zero-order chi connectivity index (χ0) is 14.5. The molecule has 0 spiro atoms. The van der Waals surface area contributed by atoms with Gasteiger partial charge < -0.3 is 11.1 Å². The highest BCUT2D eigenvalue weighted by molar-refractivity contribution is 5.85. The molecule has 0 heterocycles. The molecule has 0 bridgehead atoms. The van der Waals surface area contributed by atoms with Crippen LogP contribution in [0.15, 0.2) is 24.3 Å². The standard InChI is InChI=1S/C16H22N2O2/c1-2-11(16(17)20)10-15(19)18-14-9-5-7-12-6-3-4-8-13(12)14/h3-4,6,8,11,14H,2,5,7,9-10H2,1H3,(H2,17,20)(H,18,19). The van der Waals surface area contributed by atoms with Gasteiger partial charge in [-0.15, -0.1) is 0 Å². The molecule has 0 aromatic heterocycles. The maximum absolute atomic E-state index is 12.1. The highest BCUT2D eigenvalue weighted by atomic mass is 16.2. The third-order valence-corrected chi connectivity index (χ3v) is 4.03. The average molecular weight is 274 g/mol. The quantitative estimate of drug-likeness (QED) is 0.863. The summed E-state index contributed by atoms with van der Waals surface area (Å²) in [5, 5.41) is 3.05. The van der Waals surface area contributed by atoms with E-state index < -0.39 is 5.91 Å². The zero-order valence-corrected chi connectivity index (χ0v) is 11.9. The molecule has 2 unspecified atom stereocenters. The van der Waals surface area contributed by atoms with Gasteiger partial charge in [0.25, 0.3) is 0 Å². The number of hydrogen-bond acceptors (Lipinski definition) is 2. The molecule has 20 heavy (non-hydrogen) atoms. The van der Waals surface area contributed by atoms with E-state index in [2.05, 4.69) is 17.4 Å². The molecule has 2 atom stereocenters. The Morgan fingerprint density at radius 3 is 2.85 bits per heavy atom. The number of fused-ring (bicyclic) bond motifs is 1. The Hall–Kier alpha value is -1.84. The summed E-state index contributed by atoms with van der Waals surface area (Å²) in [4.78, 5) is 23.3. The van der Waals surface area contributed by atoms with Crippen LogP contribution in [-0.4, -0.2) is 11.8 Å². The first kappa shape index (κ1) is 14.6. The van der Waals surface area contributed by atoms with Crippen molar-refractivity contribution in [2.24, 2.45) is 11.7 Å². The lowest BCUT2D eigenvalue weighted by molar-refractivity contribution is -0.129. The first-order valence-corrected chi connectivity index (χ1v) is 7.28. The maximum Gasteiger partial charge on any atom is 0.221 e. The third-order valence-electron chi connectivity index (χ3n) is 4.03. The smallest absolute Gasteiger partial charge is 0.221 e. The van der Waals surface area contributed by atoms with Crippen LogP contribution in [0, 0.1) is 5.92 Å². The fraction of sp³-hybridized carbons (Fsp3) is 0.500. The SMILES string of the molecule is CCC(CC(=O)NC1CCCc2ccccc21)C(N)=O. The molecule has 0 fully saturated rings. The number of aryl methyl sites for hydroxylation is 1. The molecule has 0 aliphatic heterocycles. The van der Waals surface area contributed by atoms with Gasteiger partial charge in [-0.3, -0.25) is 9.59 Å². The van der Waals surface area contributed by atoms with E-state index in [-0.39, 0.29) is 24.3 Å². The first-order valence-electron chi connectivity index (χ1n) is 7.28. The van der Waals surface area contributed by atoms with E-state index in [9.17, 15) is 9.59 Å². The Morgan fingerprint density at radius 1 is 1.40 bits per heavy atom. The summed E-state index contributed by atoms with van der Waals surface area (Å²) in [5.74, 6) is -0.849. The number of nitrogens with one attached hydrogen (secondary N) is 1. The molecule has 2 amide bonds. The minimum atomic E-state index is -0.397. The largest absolute Gasteiger partial charge is 0.369 e. The van der Waals surface area contributed by atoms with Crippen molar-refractivity contribution in [2.45, 2.75) is 45.1 Å². The van der Waals surface area contributed by atoms with Crippen molar-refractivity contribution in [1.82, 2.24) is 5.32 Å². The van der Waals surface area contributed by atoms with E-state index in [0.29, 0.717) is 6.42 Å². The fourth-order valence-corrected chi connectivity index (χ4v) is 2.83. The van der Waals surface area contributed by atoms with Gasteiger partial charge in [0.15, 0.2) is 0 Å². The molecule has 0 radical (unpaired) electrons. The summed E-state index contributed by atoms with van der Waals surface area (Å²) < 4.78 is 0. The van der Waals surface area contributed by atoms with Gasteiger partial charge in [0.2, 0.25) is 11.8 Å². The number of hydrogen-bond donors (Lipinski definition) is 2. The monoisotopic (exact) mass is 274 g/mol. The minimum Gasteiger partial charge on any atom is -0.369 e. The van der Waals surface area contributed by atoms with Gasteiger partial charge in [0, 0.05) is 12.3 Å². The van der Waals surface area contributed by atoms with Gasteiger partial charge in [0.05, 0.1) is 6.04 Å². The molecule has 0 saturated heterocycles. The Bertz CT molecular complexity index is 499. The second-order valence-electron chi connectivity index (χ2n) is 5.42. The Labute approximate surface area is 119 Å². The summed E-state index contributed by atoms with van der Waals surface area (Å²) in [7, 11) is 0. The summed E-state index contributed by atoms with van der Waals surface area (Å²) in [6.45, 7) is 1.87. The number of primary amides is 1. The predicted molar refractivity (Wildman–Crippen MR) is 77.9 cm³/mol. The number of nitrogens with two attached hydrogens (primary N) is 1. The molecule has 1 aromatic carbocycles. The molecule has 4 nitrogen and oxygen atoms in total. The van der Waals surface area contributed by atoms with Gasteiger partial charge in [-0.25, -0.2) is 0 Å². The van der Waals surface area contributed by atoms with E-state index in [0.717, 1.165) is 19.3 Å². The van der Waals surface area contributed by atoms with Crippen molar-refractivity contribution < 1.29 is 9.59 Å². The van der Waals surface area contributed by atoms with Crippen LogP contribution < -0.4 is 11.1 Å². The summed E-state index contributed by atoms with van der Waals surface area (Å²) in [5.41, 5.74) is 7.81. The maximum atomic E-state index is 12.1. The summed E-state index contributed by atoms with van der Waals surface area (Å²) >= 11 is 0. The van der Waals surface area contributed by atoms with Crippen molar-refractivity contribution in [2.75, 3.05) is 0 Å². The number of carbonyl (C=O) groups excluding carboxylic acids is 2. The third kappa shape index (κ3) is 3.38. The highest BCUT2D eigenvalue weighted by Crippen LogP contribution is 2.29. The number of amides is 2. The molecule has 1 aliphatic carbocycles. The number of benzene rings is 1. The number of rotatable bonds is 5. The van der Waals surface area contributed by atoms with Crippen molar-refractivity contribution in [1.29, 1.82) is 0 Å². The van der Waals surface area contributed by atoms with Gasteiger partial charge in [-0.05, 0) is 36.8 Å². The molecule has 3 N–H and O–H groups in total. The van der Waals surface area contributed by atoms with Crippen molar-refractivity contribution >= 4 is 11.8 Å². The van der Waals surface area contributed by atoms with Crippen molar-refractivity contribution in [3.05, 3.63) is 35.4 Å². The van der Waals surface area contributed by atoms with Crippen LogP contribution in [0.5, 0.6) is 0 Å². The van der Waals surface area contributed by atoms with E-state index in [1.165, 1.54) is 11.1 Å². The van der Waals surface area contributed by atoms with Crippen molar-refractivity contribution in [3.8, 4) is 0 Å². The molecule has 1 aromatic rings. The van der Waals surface area contributed by atoms with E-state index in [1.54, 1.807) is 0 Å². The van der Waals surface area contributed by atoms with Gasteiger partial charge in [-0.2, -0.15) is 0 Å². The van der Waals surface area contributed by atoms with Gasteiger partial charge in [0.1, 0.15) is 0 Å². The van der Waals surface area contributed by atoms with Crippen LogP contribution in [-0.2, 0) is 16.0 Å². The predicted octanol–water partition coefficient (Wildman–Crippen LogP) is 2.08. The lowest BCUT2D eigenvalue weighted by Crippen LogP contribution is -2.34. The fourth-order valence-electron chi connectivity index (χ4n) is 2.83. The van der Waals surface area contributed by atoms with Crippen LogP contribution in [0.25, 0.3) is 0 Å². The lowest BCUT2D eigenvalue weighted by Gasteiger charge is -2.26. The molecule has 1 aliphatic rings. The van der Waals surface area contributed by atoms with E-state index >= 15 is 0 Å². The molecule has 0 saturated carbocycles. The van der Waals surface area contributed by atoms with Crippen molar-refractivity contribution in [3.63, 3.8) is 0 Å². The second-order valence-corrected chi connectivity index (χ2v) is 5.42. The topological polar surface area (TPSA) is 72.2 Å². The summed E-state index contributed by atoms with van der Waals surface area (Å²) in [6.07, 6.45) is 3.89. The number of carbonyl (C=O) groups is 2. The Balaban J connectivity index is 2.01. The van der Waals surface area contributed by atoms with Crippen LogP contribution in [0.3, 0.4) is 0 Å². The molecule has 4 heteroatoms. The second kappa shape index (κ2) is 6.55. The van der Waals surface area contributed by atoms with Crippen LogP contribution in [0.4, 0.5) is 0 Å². The Kier molecular flexibility index (Phi) is 4.77. The van der Waals surface area contributed by atoms with Gasteiger partial charge in [-0.1, -0.05) is 31.2 Å². The molecular weight excluding hydrogens is 252 g/mol. The zero-order valence-electron chi connectivity index (χ0n) is 11.9. The minimum absolute atomic E-state index is 0.0674.